The SMILES string of the molecule is Cc1cc(-c2nc(-c3ccc([C@@H](C)C[C@@H](C)C(=O)O)cc3)no2)ccc1-c1ccccc1C(F)(F)F. The lowest BCUT2D eigenvalue weighted by Gasteiger charge is -2.15. The highest BCUT2D eigenvalue weighted by molar-refractivity contribution is 5.74. The third kappa shape index (κ3) is 5.32. The minimum Gasteiger partial charge on any atom is -0.481 e. The summed E-state index contributed by atoms with van der Waals surface area (Å²) < 4.78 is 45.9. The van der Waals surface area contributed by atoms with Crippen molar-refractivity contribution in [3.05, 3.63) is 83.4 Å². The van der Waals surface area contributed by atoms with Gasteiger partial charge in [0.15, 0.2) is 0 Å². The number of carbonyl (C=O) groups is 1. The summed E-state index contributed by atoms with van der Waals surface area (Å²) in [5, 5.41) is 13.2. The third-order valence-electron chi connectivity index (χ3n) is 6.29. The minimum atomic E-state index is -4.45. The fraction of sp³-hybridized carbons (Fsp3) is 0.250. The van der Waals surface area contributed by atoms with E-state index >= 15 is 0 Å². The van der Waals surface area contributed by atoms with Gasteiger partial charge in [-0.1, -0.05) is 67.5 Å². The molecule has 1 heterocycles. The summed E-state index contributed by atoms with van der Waals surface area (Å²) in [7, 11) is 0. The number of hydrogen-bond donors (Lipinski definition) is 1. The Morgan fingerprint density at radius 2 is 1.64 bits per heavy atom. The predicted octanol–water partition coefficient (Wildman–Crippen LogP) is 7.61. The number of rotatable bonds is 7. The summed E-state index contributed by atoms with van der Waals surface area (Å²) in [6.45, 7) is 5.42. The van der Waals surface area contributed by atoms with Crippen molar-refractivity contribution in [1.29, 1.82) is 0 Å². The van der Waals surface area contributed by atoms with E-state index in [2.05, 4.69) is 10.1 Å². The van der Waals surface area contributed by atoms with Crippen LogP contribution in [0, 0.1) is 12.8 Å². The van der Waals surface area contributed by atoms with Crippen LogP contribution in [0.5, 0.6) is 0 Å². The number of carboxylic acids is 1. The van der Waals surface area contributed by atoms with E-state index in [1.807, 2.05) is 31.2 Å². The van der Waals surface area contributed by atoms with E-state index in [4.69, 9.17) is 9.63 Å². The highest BCUT2D eigenvalue weighted by Crippen LogP contribution is 2.39. The summed E-state index contributed by atoms with van der Waals surface area (Å²) in [4.78, 5) is 15.6. The van der Waals surface area contributed by atoms with Crippen LogP contribution in [0.15, 0.2) is 71.3 Å². The molecule has 0 fully saturated rings. The van der Waals surface area contributed by atoms with Crippen LogP contribution in [0.2, 0.25) is 0 Å². The normalized spacial score (nSPS) is 13.4. The van der Waals surface area contributed by atoms with Crippen molar-refractivity contribution in [2.45, 2.75) is 39.3 Å². The van der Waals surface area contributed by atoms with Gasteiger partial charge in [0.25, 0.3) is 5.89 Å². The standard InChI is InChI=1S/C28H25F3N2O3/c1-16(14-18(3)27(34)35)19-8-10-20(11-9-19)25-32-26(36-33-25)21-12-13-22(17(2)15-21)23-6-4-5-7-24(23)28(29,30)31/h4-13,15-16,18H,14H2,1-3H3,(H,34,35)/t16-,18+/m0/s1. The lowest BCUT2D eigenvalue weighted by atomic mass is 9.91. The minimum absolute atomic E-state index is 0.0787. The van der Waals surface area contributed by atoms with Gasteiger partial charge < -0.3 is 9.63 Å². The van der Waals surface area contributed by atoms with Crippen molar-refractivity contribution in [1.82, 2.24) is 10.1 Å². The summed E-state index contributed by atoms with van der Waals surface area (Å²) in [6.07, 6.45) is -3.92. The van der Waals surface area contributed by atoms with Crippen molar-refractivity contribution in [3.63, 3.8) is 0 Å². The second-order valence-corrected chi connectivity index (χ2v) is 8.99. The molecule has 3 aromatic carbocycles. The van der Waals surface area contributed by atoms with Gasteiger partial charge in [0.2, 0.25) is 5.82 Å². The van der Waals surface area contributed by atoms with Crippen LogP contribution in [-0.2, 0) is 11.0 Å². The molecule has 0 aliphatic rings. The first-order valence-corrected chi connectivity index (χ1v) is 11.5. The first-order valence-electron chi connectivity index (χ1n) is 11.5. The van der Waals surface area contributed by atoms with Crippen LogP contribution in [0.25, 0.3) is 34.0 Å². The predicted molar refractivity (Wildman–Crippen MR) is 130 cm³/mol. The lowest BCUT2D eigenvalue weighted by molar-refractivity contribution is -0.141. The molecule has 1 N–H and O–H groups in total. The number of aryl methyl sites for hydroxylation is 1. The monoisotopic (exact) mass is 494 g/mol. The molecule has 0 aliphatic heterocycles. The van der Waals surface area contributed by atoms with E-state index in [9.17, 15) is 18.0 Å². The Balaban J connectivity index is 1.56. The van der Waals surface area contributed by atoms with Gasteiger partial charge in [0, 0.05) is 11.1 Å². The van der Waals surface area contributed by atoms with Crippen molar-refractivity contribution in [2.75, 3.05) is 0 Å². The van der Waals surface area contributed by atoms with Crippen LogP contribution in [-0.4, -0.2) is 21.2 Å². The van der Waals surface area contributed by atoms with Crippen LogP contribution in [0.4, 0.5) is 13.2 Å². The largest absolute Gasteiger partial charge is 0.481 e. The molecular weight excluding hydrogens is 469 g/mol. The maximum absolute atomic E-state index is 13.5. The first-order chi connectivity index (χ1) is 17.0. The molecule has 36 heavy (non-hydrogen) atoms. The van der Waals surface area contributed by atoms with Crippen LogP contribution >= 0.6 is 0 Å². The van der Waals surface area contributed by atoms with E-state index in [1.54, 1.807) is 38.1 Å². The molecule has 0 amide bonds. The molecule has 8 heteroatoms. The number of nitrogens with zero attached hydrogens (tertiary/aromatic N) is 2. The van der Waals surface area contributed by atoms with E-state index in [-0.39, 0.29) is 17.4 Å². The topological polar surface area (TPSA) is 76.2 Å². The molecule has 1 aromatic heterocycles. The number of benzene rings is 3. The van der Waals surface area contributed by atoms with E-state index < -0.39 is 23.6 Å². The zero-order valence-corrected chi connectivity index (χ0v) is 20.0. The molecule has 0 saturated carbocycles. The van der Waals surface area contributed by atoms with Gasteiger partial charge in [0.1, 0.15) is 0 Å². The average Bonchev–Trinajstić information content (AvgIpc) is 3.34. The quantitative estimate of drug-likeness (QED) is 0.286. The van der Waals surface area contributed by atoms with Gasteiger partial charge in [-0.3, -0.25) is 4.79 Å². The molecule has 0 radical (unpaired) electrons. The molecule has 4 aromatic rings. The number of hydrogen-bond acceptors (Lipinski definition) is 4. The number of halogens is 3. The van der Waals surface area contributed by atoms with Gasteiger partial charge in [-0.05, 0) is 59.7 Å². The van der Waals surface area contributed by atoms with Crippen molar-refractivity contribution >= 4 is 5.97 Å². The molecular formula is C28H25F3N2O3. The van der Waals surface area contributed by atoms with Gasteiger partial charge in [0.05, 0.1) is 11.5 Å². The summed E-state index contributed by atoms with van der Waals surface area (Å²) in [6, 6.07) is 18.1. The number of aliphatic carboxylic acids is 1. The molecule has 5 nitrogen and oxygen atoms in total. The number of carboxylic acid groups (broad SMARTS) is 1. The molecule has 2 atom stereocenters. The van der Waals surface area contributed by atoms with Crippen LogP contribution in [0.3, 0.4) is 0 Å². The van der Waals surface area contributed by atoms with Gasteiger partial charge in [-0.25, -0.2) is 0 Å². The Kier molecular flexibility index (Phi) is 6.97. The Bertz CT molecular complexity index is 1380. The maximum atomic E-state index is 13.5. The molecule has 186 valence electrons. The molecule has 0 spiro atoms. The second-order valence-electron chi connectivity index (χ2n) is 8.99. The number of alkyl halides is 3. The Hall–Kier alpha value is -3.94. The van der Waals surface area contributed by atoms with Crippen molar-refractivity contribution in [2.24, 2.45) is 5.92 Å². The molecule has 4 rings (SSSR count). The van der Waals surface area contributed by atoms with Gasteiger partial charge in [-0.15, -0.1) is 0 Å². The average molecular weight is 495 g/mol. The van der Waals surface area contributed by atoms with Crippen LogP contribution in [0.1, 0.15) is 42.9 Å². The van der Waals surface area contributed by atoms with Crippen molar-refractivity contribution in [3.8, 4) is 34.0 Å². The fourth-order valence-corrected chi connectivity index (χ4v) is 4.25. The van der Waals surface area contributed by atoms with E-state index in [0.717, 1.165) is 17.2 Å². The Labute approximate surface area is 206 Å². The molecule has 0 saturated heterocycles. The van der Waals surface area contributed by atoms with E-state index in [0.29, 0.717) is 28.9 Å². The number of aromatic nitrogens is 2. The highest BCUT2D eigenvalue weighted by atomic mass is 19.4. The summed E-state index contributed by atoms with van der Waals surface area (Å²) in [5.74, 6) is -0.527. The molecule has 0 bridgehead atoms. The fourth-order valence-electron chi connectivity index (χ4n) is 4.25. The smallest absolute Gasteiger partial charge is 0.417 e. The zero-order chi connectivity index (χ0) is 26.0. The van der Waals surface area contributed by atoms with Crippen LogP contribution < -0.4 is 0 Å². The highest BCUT2D eigenvalue weighted by Gasteiger charge is 2.33. The zero-order valence-electron chi connectivity index (χ0n) is 20.0. The Morgan fingerprint density at radius 1 is 0.972 bits per heavy atom. The second kappa shape index (κ2) is 9.97. The van der Waals surface area contributed by atoms with Gasteiger partial charge >= 0.3 is 12.1 Å². The Morgan fingerprint density at radius 3 is 2.28 bits per heavy atom. The van der Waals surface area contributed by atoms with Gasteiger partial charge in [-0.2, -0.15) is 18.2 Å². The molecule has 0 unspecified atom stereocenters. The van der Waals surface area contributed by atoms with Crippen molar-refractivity contribution < 1.29 is 27.6 Å². The summed E-state index contributed by atoms with van der Waals surface area (Å²) in [5.41, 5.74) is 2.92. The third-order valence-corrected chi connectivity index (χ3v) is 6.29. The lowest BCUT2D eigenvalue weighted by Crippen LogP contribution is -2.12. The first kappa shape index (κ1) is 25.2. The maximum Gasteiger partial charge on any atom is 0.417 e. The van der Waals surface area contributed by atoms with E-state index in [1.165, 1.54) is 12.1 Å². The molecule has 0 aliphatic carbocycles. The summed E-state index contributed by atoms with van der Waals surface area (Å²) >= 11 is 0.